The fourth-order valence-corrected chi connectivity index (χ4v) is 8.85. The summed E-state index contributed by atoms with van der Waals surface area (Å²) in [5, 5.41) is 0. The number of rotatable bonds is 25. The number of nitrogens with one attached hydrogen (secondary N) is 1. The maximum Gasteiger partial charge on any atom is 0.205 e. The van der Waals surface area contributed by atoms with E-state index in [1.165, 1.54) is 76.5 Å². The molecule has 0 unspecified atom stereocenters. The lowest BCUT2D eigenvalue weighted by atomic mass is 10.1. The number of hydrogen-bond acceptors (Lipinski definition) is 4. The van der Waals surface area contributed by atoms with E-state index in [-0.39, 0.29) is 0 Å². The van der Waals surface area contributed by atoms with Crippen molar-refractivity contribution in [2.75, 3.05) is 40.9 Å². The van der Waals surface area contributed by atoms with E-state index >= 15 is 0 Å². The summed E-state index contributed by atoms with van der Waals surface area (Å²) in [5.74, 6) is 2.38. The Morgan fingerprint density at radius 3 is 1.59 bits per heavy atom. The second kappa shape index (κ2) is 26.8. The van der Waals surface area contributed by atoms with Crippen molar-refractivity contribution in [2.24, 2.45) is 0 Å². The molecule has 0 spiro atoms. The Morgan fingerprint density at radius 2 is 1.03 bits per heavy atom. The summed E-state index contributed by atoms with van der Waals surface area (Å²) in [6, 6.07) is 46.1. The van der Waals surface area contributed by atoms with Gasteiger partial charge < -0.3 is 9.80 Å². The molecule has 0 fully saturated rings. The highest BCUT2D eigenvalue weighted by molar-refractivity contribution is 8.76. The molecule has 1 N–H and O–H groups in total. The van der Waals surface area contributed by atoms with Crippen LogP contribution in [0.3, 0.4) is 0 Å². The minimum absolute atomic E-state index is 0.923. The first-order valence-electron chi connectivity index (χ1n) is 21.0. The van der Waals surface area contributed by atoms with Crippen LogP contribution in [0.15, 0.2) is 164 Å². The van der Waals surface area contributed by atoms with Gasteiger partial charge in [-0.2, -0.15) is 4.57 Å². The van der Waals surface area contributed by atoms with Crippen molar-refractivity contribution in [2.45, 2.75) is 59.2 Å². The molecule has 4 nitrogen and oxygen atoms in total. The van der Waals surface area contributed by atoms with Crippen LogP contribution in [0.1, 0.15) is 67.5 Å². The largest absolute Gasteiger partial charge is 0.367 e. The van der Waals surface area contributed by atoms with Crippen LogP contribution in [0.4, 0.5) is 11.4 Å². The maximum atomic E-state index is 3.17. The number of hydrogen-bond donors (Lipinski definition) is 1. The van der Waals surface area contributed by atoms with Crippen molar-refractivity contribution in [3.05, 3.63) is 192 Å². The summed E-state index contributed by atoms with van der Waals surface area (Å²) in [6.45, 7) is 10.1. The number of aryl methyl sites for hydroxylation is 1. The van der Waals surface area contributed by atoms with Crippen LogP contribution in [0.5, 0.6) is 0 Å². The predicted molar refractivity (Wildman–Crippen MR) is 257 cm³/mol. The van der Waals surface area contributed by atoms with E-state index in [2.05, 4.69) is 197 Å². The lowest BCUT2D eigenvalue weighted by Crippen LogP contribution is -2.67. The van der Waals surface area contributed by atoms with Crippen LogP contribution in [0, 0.1) is 0 Å². The molecular formula is C52H62N4S2+2. The fraction of sp³-hybridized carbons (Fsp3) is 0.269. The van der Waals surface area contributed by atoms with Crippen LogP contribution in [-0.2, 0) is 19.6 Å². The van der Waals surface area contributed by atoms with Crippen LogP contribution in [-0.4, -0.2) is 37.4 Å². The molecule has 0 aliphatic heterocycles. The molecule has 0 atom stereocenters. The molecule has 0 saturated heterocycles. The van der Waals surface area contributed by atoms with Crippen LogP contribution < -0.4 is 19.4 Å². The van der Waals surface area contributed by atoms with E-state index in [0.717, 1.165) is 39.3 Å². The standard InChI is InChI=1S/C52H61N4S2/c1-3-53-38-16-7-5-6-10-22-46-28-34-51(35-29-46)55(44-48-23-11-8-12-24-48)40-18-20-42-57-58-43-21-19-41-56(45-49-25-13-9-14-26-49)52-36-31-47(32-37-52)30-33-50-27-15-17-39-54(50)4-2/h5-17,22-39H,3-4,18-21,40-45H2,1-2H3/q+1/p+1/b6-5+,16-7-,22-10+,53-38?. The molecule has 1 aromatic heterocycles. The maximum absolute atomic E-state index is 3.17. The first kappa shape index (κ1) is 44.1. The van der Waals surface area contributed by atoms with Crippen LogP contribution >= 0.6 is 21.6 Å². The Kier molecular flexibility index (Phi) is 20.4. The molecule has 5 aromatic rings. The molecule has 300 valence electrons. The highest BCUT2D eigenvalue weighted by atomic mass is 33.1. The Hall–Kier alpha value is -5.04. The molecule has 6 heteroatoms. The van der Waals surface area contributed by atoms with Gasteiger partial charge >= 0.3 is 0 Å². The summed E-state index contributed by atoms with van der Waals surface area (Å²) >= 11 is 0. The van der Waals surface area contributed by atoms with Crippen molar-refractivity contribution in [1.82, 2.24) is 0 Å². The highest BCUT2D eigenvalue weighted by Gasteiger charge is 2.10. The third kappa shape index (κ3) is 16.4. The van der Waals surface area contributed by atoms with Crippen molar-refractivity contribution in [3.8, 4) is 0 Å². The van der Waals surface area contributed by atoms with Crippen LogP contribution in [0.25, 0.3) is 18.2 Å². The number of nitrogens with zero attached hydrogens (tertiary/aromatic N) is 3. The average Bonchev–Trinajstić information content (AvgIpc) is 3.27. The van der Waals surface area contributed by atoms with Gasteiger partial charge in [0.2, 0.25) is 5.69 Å². The topological polar surface area (TPSA) is 24.3 Å². The van der Waals surface area contributed by atoms with Gasteiger partial charge in [0.05, 0.1) is 0 Å². The molecule has 0 amide bonds. The quantitative estimate of drug-likeness (QED) is 0.0209. The van der Waals surface area contributed by atoms with Crippen LogP contribution in [0.2, 0.25) is 0 Å². The summed E-state index contributed by atoms with van der Waals surface area (Å²) in [6.07, 6.45) is 25.7. The molecule has 5 rings (SSSR count). The number of benzene rings is 4. The average molecular weight is 807 g/mol. The number of unbranched alkanes of at least 4 members (excludes halogenated alkanes) is 2. The van der Waals surface area contributed by atoms with Gasteiger partial charge in [-0.15, -0.1) is 0 Å². The van der Waals surface area contributed by atoms with Crippen molar-refractivity contribution in [3.63, 3.8) is 0 Å². The summed E-state index contributed by atoms with van der Waals surface area (Å²) in [4.78, 5) is 8.24. The first-order chi connectivity index (χ1) is 28.7. The molecule has 1 heterocycles. The van der Waals surface area contributed by atoms with Crippen molar-refractivity contribution < 1.29 is 9.56 Å². The molecule has 0 aliphatic rings. The normalized spacial score (nSPS) is 11.9. The molecule has 0 aliphatic carbocycles. The van der Waals surface area contributed by atoms with Gasteiger partial charge in [0.25, 0.3) is 0 Å². The molecular weight excluding hydrogens is 745 g/mol. The highest BCUT2D eigenvalue weighted by Crippen LogP contribution is 2.26. The molecule has 58 heavy (non-hydrogen) atoms. The van der Waals surface area contributed by atoms with E-state index < -0.39 is 0 Å². The van der Waals surface area contributed by atoms with Gasteiger partial charge in [0, 0.05) is 73.3 Å². The van der Waals surface area contributed by atoms with Gasteiger partial charge in [-0.25, -0.2) is 4.99 Å². The van der Waals surface area contributed by atoms with E-state index in [1.807, 2.05) is 46.0 Å². The second-order valence-corrected chi connectivity index (χ2v) is 16.9. The lowest BCUT2D eigenvalue weighted by Gasteiger charge is -2.25. The smallest absolute Gasteiger partial charge is 0.205 e. The third-order valence-electron chi connectivity index (χ3n) is 9.76. The summed E-state index contributed by atoms with van der Waals surface area (Å²) < 4.78 is 2.26. The Morgan fingerprint density at radius 1 is 0.517 bits per heavy atom. The Bertz CT molecular complexity index is 2000. The van der Waals surface area contributed by atoms with Crippen molar-refractivity contribution >= 4 is 57.4 Å². The second-order valence-electron chi connectivity index (χ2n) is 14.2. The Balaban J connectivity index is 1.04. The number of pyridine rings is 1. The first-order valence-corrected chi connectivity index (χ1v) is 23.5. The zero-order valence-electron chi connectivity index (χ0n) is 34.5. The van der Waals surface area contributed by atoms with Gasteiger partial charge in [-0.1, -0.05) is 137 Å². The van der Waals surface area contributed by atoms with E-state index in [0.29, 0.717) is 0 Å². The lowest BCUT2D eigenvalue weighted by molar-refractivity contribution is -0.695. The van der Waals surface area contributed by atoms with Crippen molar-refractivity contribution in [1.29, 1.82) is 0 Å². The van der Waals surface area contributed by atoms with E-state index in [1.54, 1.807) is 0 Å². The molecule has 4 aromatic carbocycles. The molecule has 0 saturated carbocycles. The zero-order valence-corrected chi connectivity index (χ0v) is 36.2. The van der Waals surface area contributed by atoms with Gasteiger partial charge in [0.1, 0.15) is 13.1 Å². The fourth-order valence-electron chi connectivity index (χ4n) is 6.56. The monoisotopic (exact) mass is 806 g/mol. The molecule has 0 bridgehead atoms. The van der Waals surface area contributed by atoms with E-state index in [4.69, 9.17) is 0 Å². The third-order valence-corrected chi connectivity index (χ3v) is 12.3. The number of aromatic nitrogens is 1. The molecule has 0 radical (unpaired) electrons. The van der Waals surface area contributed by atoms with Gasteiger partial charge in [-0.05, 0) is 98.2 Å². The van der Waals surface area contributed by atoms with Gasteiger partial charge in [-0.3, -0.25) is 0 Å². The summed E-state index contributed by atoms with van der Waals surface area (Å²) in [5.41, 5.74) is 8.91. The van der Waals surface area contributed by atoms with E-state index in [9.17, 15) is 0 Å². The minimum atomic E-state index is 0.923. The van der Waals surface area contributed by atoms with Gasteiger partial charge in [0.15, 0.2) is 12.4 Å². The number of anilines is 2. The predicted octanol–water partition coefficient (Wildman–Crippen LogP) is 11.1. The SMILES string of the molecule is CC[NH+]=C\C=C/C=C/C=C/c1ccc(N(CCCCSSCCCCN(Cc2ccccc2)c2ccc(/C=C/c3cccc[n+]3CC)cc2)Cc2ccccc2)cc1. The minimum Gasteiger partial charge on any atom is -0.367 e. The zero-order chi connectivity index (χ0) is 40.3. The summed E-state index contributed by atoms with van der Waals surface area (Å²) in [7, 11) is 4.08. The Labute approximate surface area is 357 Å². The number of allylic oxidation sites excluding steroid dienone is 5.